The van der Waals surface area contributed by atoms with Crippen molar-refractivity contribution in [3.05, 3.63) is 84.7 Å². The third-order valence-corrected chi connectivity index (χ3v) is 2.40. The van der Waals surface area contributed by atoms with Gasteiger partial charge in [0.05, 0.1) is 0 Å². The van der Waals surface area contributed by atoms with Gasteiger partial charge in [0.15, 0.2) is 0 Å². The summed E-state index contributed by atoms with van der Waals surface area (Å²) in [5.74, 6) is -0.190. The first-order chi connectivity index (χ1) is 8.36. The molecule has 0 N–H and O–H groups in total. The van der Waals surface area contributed by atoms with Crippen LogP contribution in [0.25, 0.3) is 11.1 Å². The minimum absolute atomic E-state index is 0. The second kappa shape index (κ2) is 7.65. The number of halogens is 1. The normalized spacial score (nSPS) is 8.94. The SMILES string of the molecule is Fc1ccc(-c2ccc[cH-]2)cc1.[Fe+2].c1cc[cH-]c1. The van der Waals surface area contributed by atoms with E-state index in [0.29, 0.717) is 0 Å². The van der Waals surface area contributed by atoms with Gasteiger partial charge in [0.25, 0.3) is 0 Å². The van der Waals surface area contributed by atoms with Gasteiger partial charge < -0.3 is 0 Å². The summed E-state index contributed by atoms with van der Waals surface area (Å²) >= 11 is 0. The minimum atomic E-state index is -0.190. The molecule has 0 nitrogen and oxygen atoms in total. The summed E-state index contributed by atoms with van der Waals surface area (Å²) < 4.78 is 12.5. The predicted molar refractivity (Wildman–Crippen MR) is 69.5 cm³/mol. The molecule has 2 heteroatoms. The molecule has 0 radical (unpaired) electrons. The molecule has 0 aliphatic heterocycles. The smallest absolute Gasteiger partial charge is 0.214 e. The van der Waals surface area contributed by atoms with E-state index < -0.39 is 0 Å². The fourth-order valence-corrected chi connectivity index (χ4v) is 1.53. The van der Waals surface area contributed by atoms with Crippen LogP contribution in [-0.2, 0) is 17.1 Å². The largest absolute Gasteiger partial charge is 2.00 e. The molecule has 0 aliphatic carbocycles. The Labute approximate surface area is 117 Å². The Balaban J connectivity index is 0.000000230. The Morgan fingerprint density at radius 1 is 0.778 bits per heavy atom. The molecule has 0 bridgehead atoms. The van der Waals surface area contributed by atoms with Crippen molar-refractivity contribution in [1.82, 2.24) is 0 Å². The zero-order valence-electron chi connectivity index (χ0n) is 9.74. The van der Waals surface area contributed by atoms with Crippen molar-refractivity contribution in [3.63, 3.8) is 0 Å². The molecule has 0 aliphatic rings. The predicted octanol–water partition coefficient (Wildman–Crippen LogP) is 4.61. The molecule has 0 spiro atoms. The maximum atomic E-state index is 12.5. The van der Waals surface area contributed by atoms with Gasteiger partial charge >= 0.3 is 17.1 Å². The summed E-state index contributed by atoms with van der Waals surface area (Å²) in [5, 5.41) is 0. The van der Waals surface area contributed by atoms with E-state index in [0.717, 1.165) is 11.1 Å². The molecule has 0 heterocycles. The molecule has 0 fully saturated rings. The summed E-state index contributed by atoms with van der Waals surface area (Å²) in [6.07, 6.45) is 0. The molecule has 92 valence electrons. The fraction of sp³-hybridized carbons (Fsp3) is 0. The molecule has 0 amide bonds. The third kappa shape index (κ3) is 4.32. The summed E-state index contributed by atoms with van der Waals surface area (Å²) in [5.41, 5.74) is 2.19. The van der Waals surface area contributed by atoms with Crippen LogP contribution in [0.15, 0.2) is 78.9 Å². The monoisotopic (exact) mass is 280 g/mol. The van der Waals surface area contributed by atoms with Crippen LogP contribution in [0.4, 0.5) is 4.39 Å². The van der Waals surface area contributed by atoms with Gasteiger partial charge in [-0.2, -0.15) is 42.0 Å². The Bertz CT molecular complexity index is 490. The number of hydrogen-bond acceptors (Lipinski definition) is 0. The van der Waals surface area contributed by atoms with Crippen LogP contribution in [-0.4, -0.2) is 0 Å². The van der Waals surface area contributed by atoms with Gasteiger partial charge in [0, 0.05) is 0 Å². The Morgan fingerprint density at radius 3 is 1.89 bits per heavy atom. The van der Waals surface area contributed by atoms with Gasteiger partial charge in [-0.1, -0.05) is 17.7 Å². The van der Waals surface area contributed by atoms with Crippen molar-refractivity contribution in [1.29, 1.82) is 0 Å². The number of rotatable bonds is 1. The van der Waals surface area contributed by atoms with E-state index in [-0.39, 0.29) is 22.9 Å². The quantitative estimate of drug-likeness (QED) is 0.451. The van der Waals surface area contributed by atoms with E-state index in [4.69, 9.17) is 0 Å². The zero-order chi connectivity index (χ0) is 11.9. The average Bonchev–Trinajstić information content (AvgIpc) is 3.06. The standard InChI is InChI=1S/C11H8F.C5H5.Fe/c12-11-7-5-10(6-8-11)9-3-1-2-4-9;1-2-4-5-3-1;/h1-8H;1-5H;/q2*-1;+2. The Morgan fingerprint density at radius 2 is 1.44 bits per heavy atom. The first-order valence-electron chi connectivity index (χ1n) is 5.50. The number of hydrogen-bond donors (Lipinski definition) is 0. The van der Waals surface area contributed by atoms with Crippen LogP contribution < -0.4 is 0 Å². The van der Waals surface area contributed by atoms with E-state index in [1.54, 1.807) is 12.1 Å². The molecule has 0 unspecified atom stereocenters. The van der Waals surface area contributed by atoms with E-state index >= 15 is 0 Å². The molecule has 3 aromatic carbocycles. The van der Waals surface area contributed by atoms with Crippen LogP contribution in [0, 0.1) is 5.82 Å². The maximum absolute atomic E-state index is 12.5. The molecule has 18 heavy (non-hydrogen) atoms. The van der Waals surface area contributed by atoms with E-state index in [9.17, 15) is 4.39 Å². The van der Waals surface area contributed by atoms with Crippen LogP contribution in [0.5, 0.6) is 0 Å². The number of benzene rings is 1. The topological polar surface area (TPSA) is 0 Å². The van der Waals surface area contributed by atoms with Gasteiger partial charge in [-0.25, -0.2) is 16.5 Å². The minimum Gasteiger partial charge on any atom is -0.214 e. The molecule has 0 aromatic heterocycles. The Hall–Kier alpha value is -1.63. The molecule has 3 aromatic rings. The third-order valence-electron chi connectivity index (χ3n) is 2.40. The molecule has 0 saturated heterocycles. The van der Waals surface area contributed by atoms with Gasteiger partial charge in [0.1, 0.15) is 5.82 Å². The summed E-state index contributed by atoms with van der Waals surface area (Å²) in [4.78, 5) is 0. The van der Waals surface area contributed by atoms with Gasteiger partial charge in [0.2, 0.25) is 0 Å². The van der Waals surface area contributed by atoms with E-state index in [1.165, 1.54) is 12.1 Å². The molecule has 0 atom stereocenters. The van der Waals surface area contributed by atoms with Crippen LogP contribution >= 0.6 is 0 Å². The first kappa shape index (κ1) is 14.4. The van der Waals surface area contributed by atoms with Crippen molar-refractivity contribution in [2.75, 3.05) is 0 Å². The van der Waals surface area contributed by atoms with Crippen molar-refractivity contribution in [2.45, 2.75) is 0 Å². The van der Waals surface area contributed by atoms with Crippen molar-refractivity contribution in [2.24, 2.45) is 0 Å². The molecular weight excluding hydrogens is 267 g/mol. The Kier molecular flexibility index (Phi) is 6.13. The molecule has 3 rings (SSSR count). The second-order valence-electron chi connectivity index (χ2n) is 3.64. The van der Waals surface area contributed by atoms with Crippen LogP contribution in [0.3, 0.4) is 0 Å². The summed E-state index contributed by atoms with van der Waals surface area (Å²) in [6, 6.07) is 24.5. The summed E-state index contributed by atoms with van der Waals surface area (Å²) in [7, 11) is 0. The van der Waals surface area contributed by atoms with Gasteiger partial charge in [-0.3, -0.25) is 0 Å². The van der Waals surface area contributed by atoms with Crippen LogP contribution in [0.2, 0.25) is 0 Å². The van der Waals surface area contributed by atoms with E-state index in [2.05, 4.69) is 0 Å². The van der Waals surface area contributed by atoms with Gasteiger partial charge in [-0.05, 0) is 12.1 Å². The fourth-order valence-electron chi connectivity index (χ4n) is 1.53. The maximum Gasteiger partial charge on any atom is 2.00 e. The average molecular weight is 280 g/mol. The van der Waals surface area contributed by atoms with Crippen molar-refractivity contribution >= 4 is 0 Å². The van der Waals surface area contributed by atoms with Crippen LogP contribution in [0.1, 0.15) is 0 Å². The molecule has 0 saturated carbocycles. The second-order valence-corrected chi connectivity index (χ2v) is 3.64. The zero-order valence-corrected chi connectivity index (χ0v) is 10.8. The summed E-state index contributed by atoms with van der Waals surface area (Å²) in [6.45, 7) is 0. The van der Waals surface area contributed by atoms with Crippen molar-refractivity contribution < 1.29 is 21.5 Å². The first-order valence-corrected chi connectivity index (χ1v) is 5.50. The van der Waals surface area contributed by atoms with Crippen molar-refractivity contribution in [3.8, 4) is 11.1 Å². The van der Waals surface area contributed by atoms with E-state index in [1.807, 2.05) is 54.6 Å². The molecular formula is C16H13FFe. The van der Waals surface area contributed by atoms with Gasteiger partial charge in [-0.15, -0.1) is 6.07 Å².